The molecule has 8 heteroatoms. The number of thiophene rings is 1. The van der Waals surface area contributed by atoms with Gasteiger partial charge < -0.3 is 14.2 Å². The van der Waals surface area contributed by atoms with Gasteiger partial charge in [-0.2, -0.15) is 10.2 Å². The molecular formula is C21H17ClN4O2S. The van der Waals surface area contributed by atoms with E-state index in [0.717, 1.165) is 10.4 Å². The predicted molar refractivity (Wildman–Crippen MR) is 114 cm³/mol. The van der Waals surface area contributed by atoms with Crippen LogP contribution in [0.1, 0.15) is 26.8 Å². The quantitative estimate of drug-likeness (QED) is 0.620. The lowest BCUT2D eigenvalue weighted by Gasteiger charge is -2.34. The van der Waals surface area contributed by atoms with Gasteiger partial charge in [0.1, 0.15) is 6.07 Å². The molecule has 0 N–H and O–H groups in total. The van der Waals surface area contributed by atoms with Crippen molar-refractivity contribution in [3.8, 4) is 6.07 Å². The number of amides is 1. The third kappa shape index (κ3) is 4.19. The van der Waals surface area contributed by atoms with Gasteiger partial charge in [-0.25, -0.2) is 0 Å². The van der Waals surface area contributed by atoms with Crippen molar-refractivity contribution in [3.63, 3.8) is 0 Å². The van der Waals surface area contributed by atoms with Crippen LogP contribution in [0.15, 0.2) is 46.2 Å². The average molecular weight is 425 g/mol. The van der Waals surface area contributed by atoms with E-state index < -0.39 is 0 Å². The van der Waals surface area contributed by atoms with Crippen LogP contribution in [-0.2, 0) is 0 Å². The van der Waals surface area contributed by atoms with Gasteiger partial charge in [-0.3, -0.25) is 4.79 Å². The van der Waals surface area contributed by atoms with Crippen LogP contribution in [0.25, 0.3) is 12.2 Å². The molecule has 0 spiro atoms. The second-order valence-electron chi connectivity index (χ2n) is 6.43. The van der Waals surface area contributed by atoms with Crippen molar-refractivity contribution in [2.75, 3.05) is 31.1 Å². The first-order chi connectivity index (χ1) is 14.2. The van der Waals surface area contributed by atoms with Gasteiger partial charge in [0.25, 0.3) is 5.91 Å². The standard InChI is InChI=1S/C21H17ClN4O2S/c22-16-5-2-1-4-15(16)7-8-19-24-17(14-23)21(28-19)26-11-9-25(10-12-26)20(27)18-6-3-13-29-18/h1-8,13H,9-12H2/b8-7+. The molecule has 4 rings (SSSR count). The van der Waals surface area contributed by atoms with Crippen molar-refractivity contribution < 1.29 is 9.21 Å². The summed E-state index contributed by atoms with van der Waals surface area (Å²) in [6.07, 6.45) is 3.50. The molecule has 0 saturated carbocycles. The fraction of sp³-hybridized carbons (Fsp3) is 0.190. The van der Waals surface area contributed by atoms with Crippen LogP contribution in [0.4, 0.5) is 5.88 Å². The summed E-state index contributed by atoms with van der Waals surface area (Å²) in [7, 11) is 0. The molecule has 146 valence electrons. The minimum Gasteiger partial charge on any atom is -0.420 e. The van der Waals surface area contributed by atoms with Crippen molar-refractivity contribution in [1.29, 1.82) is 5.26 Å². The molecular weight excluding hydrogens is 408 g/mol. The summed E-state index contributed by atoms with van der Waals surface area (Å²) >= 11 is 7.60. The first-order valence-electron chi connectivity index (χ1n) is 9.07. The largest absolute Gasteiger partial charge is 0.420 e. The Kier molecular flexibility index (Phi) is 5.65. The van der Waals surface area contributed by atoms with E-state index in [1.807, 2.05) is 45.5 Å². The molecule has 3 heterocycles. The number of hydrogen-bond donors (Lipinski definition) is 0. The summed E-state index contributed by atoms with van der Waals surface area (Å²) in [4.78, 5) is 21.3. The highest BCUT2D eigenvalue weighted by Crippen LogP contribution is 2.25. The molecule has 29 heavy (non-hydrogen) atoms. The van der Waals surface area contributed by atoms with E-state index in [4.69, 9.17) is 16.0 Å². The Labute approximate surface area is 177 Å². The number of hydrogen-bond acceptors (Lipinski definition) is 6. The van der Waals surface area contributed by atoms with Gasteiger partial charge in [-0.1, -0.05) is 35.9 Å². The number of carbonyl (C=O) groups is 1. The van der Waals surface area contributed by atoms with E-state index in [0.29, 0.717) is 43.0 Å². The monoisotopic (exact) mass is 424 g/mol. The van der Waals surface area contributed by atoms with Gasteiger partial charge >= 0.3 is 0 Å². The van der Waals surface area contributed by atoms with E-state index in [1.54, 1.807) is 18.2 Å². The normalized spacial score (nSPS) is 14.3. The van der Waals surface area contributed by atoms with Gasteiger partial charge in [0.2, 0.25) is 17.5 Å². The lowest BCUT2D eigenvalue weighted by atomic mass is 10.2. The molecule has 3 aromatic rings. The highest BCUT2D eigenvalue weighted by atomic mass is 35.5. The molecule has 1 aliphatic rings. The Morgan fingerprint density at radius 3 is 2.66 bits per heavy atom. The number of rotatable bonds is 4. The maximum absolute atomic E-state index is 12.5. The summed E-state index contributed by atoms with van der Waals surface area (Å²) < 4.78 is 5.84. The molecule has 1 aliphatic heterocycles. The highest BCUT2D eigenvalue weighted by Gasteiger charge is 2.26. The third-order valence-electron chi connectivity index (χ3n) is 4.63. The number of anilines is 1. The van der Waals surface area contributed by atoms with Crippen LogP contribution in [0.5, 0.6) is 0 Å². The third-order valence-corrected chi connectivity index (χ3v) is 5.83. The topological polar surface area (TPSA) is 73.4 Å². The van der Waals surface area contributed by atoms with Gasteiger partial charge in [-0.05, 0) is 29.2 Å². The number of nitriles is 1. The summed E-state index contributed by atoms with van der Waals surface area (Å²) in [5.74, 6) is 0.823. The maximum Gasteiger partial charge on any atom is 0.264 e. The fourth-order valence-corrected chi connectivity index (χ4v) is 4.02. The fourth-order valence-electron chi connectivity index (χ4n) is 3.13. The zero-order chi connectivity index (χ0) is 20.2. The van der Waals surface area contributed by atoms with Gasteiger partial charge in [0.05, 0.1) is 4.88 Å². The molecule has 0 radical (unpaired) electrons. The molecule has 0 unspecified atom stereocenters. The predicted octanol–water partition coefficient (Wildman–Crippen LogP) is 4.39. The summed E-state index contributed by atoms with van der Waals surface area (Å²) in [5, 5.41) is 12.0. The Hall–Kier alpha value is -3.08. The average Bonchev–Trinajstić information content (AvgIpc) is 3.43. The SMILES string of the molecule is N#Cc1nc(/C=C/c2ccccc2Cl)oc1N1CCN(C(=O)c2cccs2)CC1. The van der Waals surface area contributed by atoms with Gasteiger partial charge in [0, 0.05) is 37.3 Å². The summed E-state index contributed by atoms with van der Waals surface area (Å²) in [5.41, 5.74) is 1.08. The van der Waals surface area contributed by atoms with Crippen molar-refractivity contribution in [2.45, 2.75) is 0 Å². The maximum atomic E-state index is 12.5. The van der Waals surface area contributed by atoms with Gasteiger partial charge in [-0.15, -0.1) is 11.3 Å². The second kappa shape index (κ2) is 8.52. The minimum atomic E-state index is 0.0427. The lowest BCUT2D eigenvalue weighted by molar-refractivity contribution is 0.0750. The van der Waals surface area contributed by atoms with Crippen LogP contribution in [-0.4, -0.2) is 42.0 Å². The highest BCUT2D eigenvalue weighted by molar-refractivity contribution is 7.12. The Morgan fingerprint density at radius 2 is 1.97 bits per heavy atom. The molecule has 6 nitrogen and oxygen atoms in total. The van der Waals surface area contributed by atoms with Crippen molar-refractivity contribution >= 4 is 46.9 Å². The van der Waals surface area contributed by atoms with Gasteiger partial charge in [0.15, 0.2) is 0 Å². The summed E-state index contributed by atoms with van der Waals surface area (Å²) in [6, 6.07) is 13.2. The molecule has 1 aromatic carbocycles. The molecule has 0 aliphatic carbocycles. The van der Waals surface area contributed by atoms with E-state index >= 15 is 0 Å². The first kappa shape index (κ1) is 19.2. The van der Waals surface area contributed by atoms with E-state index in [1.165, 1.54) is 11.3 Å². The lowest BCUT2D eigenvalue weighted by Crippen LogP contribution is -2.48. The van der Waals surface area contributed by atoms with Crippen molar-refractivity contribution in [3.05, 3.63) is 68.8 Å². The Morgan fingerprint density at radius 1 is 1.17 bits per heavy atom. The van der Waals surface area contributed by atoms with Crippen LogP contribution in [0, 0.1) is 11.3 Å². The zero-order valence-corrected chi connectivity index (χ0v) is 17.0. The number of benzene rings is 1. The molecule has 1 amide bonds. The first-order valence-corrected chi connectivity index (χ1v) is 10.3. The molecule has 0 atom stereocenters. The van der Waals surface area contributed by atoms with E-state index in [-0.39, 0.29) is 11.6 Å². The van der Waals surface area contributed by atoms with Crippen molar-refractivity contribution in [1.82, 2.24) is 9.88 Å². The number of oxazole rings is 1. The Bertz CT molecular complexity index is 1080. The summed E-state index contributed by atoms with van der Waals surface area (Å²) in [6.45, 7) is 2.28. The van der Waals surface area contributed by atoms with Crippen LogP contribution in [0.3, 0.4) is 0 Å². The minimum absolute atomic E-state index is 0.0427. The van der Waals surface area contributed by atoms with E-state index in [9.17, 15) is 10.1 Å². The molecule has 0 bridgehead atoms. The Balaban J connectivity index is 1.46. The number of carbonyl (C=O) groups excluding carboxylic acids is 1. The molecule has 2 aromatic heterocycles. The molecule has 1 fully saturated rings. The second-order valence-corrected chi connectivity index (χ2v) is 7.78. The number of piperazine rings is 1. The van der Waals surface area contributed by atoms with Crippen LogP contribution < -0.4 is 4.90 Å². The smallest absolute Gasteiger partial charge is 0.264 e. The van der Waals surface area contributed by atoms with Crippen LogP contribution >= 0.6 is 22.9 Å². The van der Waals surface area contributed by atoms with Crippen LogP contribution in [0.2, 0.25) is 5.02 Å². The number of halogens is 1. The number of aromatic nitrogens is 1. The van der Waals surface area contributed by atoms with E-state index in [2.05, 4.69) is 11.1 Å². The zero-order valence-electron chi connectivity index (χ0n) is 15.4. The number of nitrogens with zero attached hydrogens (tertiary/aromatic N) is 4. The molecule has 1 saturated heterocycles. The van der Waals surface area contributed by atoms with Crippen molar-refractivity contribution in [2.24, 2.45) is 0 Å².